The van der Waals surface area contributed by atoms with Gasteiger partial charge in [-0.15, -0.1) is 0 Å². The monoisotopic (exact) mass is 388 g/mol. The number of carbonyl (C=O) groups excluding carboxylic acids is 2. The molecule has 1 fully saturated rings. The molecule has 0 saturated carbocycles. The summed E-state index contributed by atoms with van der Waals surface area (Å²) in [4.78, 5) is 35.6. The maximum Gasteiger partial charge on any atom is 0.346 e. The average molecular weight is 388 g/mol. The second kappa shape index (κ2) is 8.12. The zero-order chi connectivity index (χ0) is 19.5. The lowest BCUT2D eigenvalue weighted by Gasteiger charge is -2.30. The largest absolute Gasteiger partial charge is 0.466 e. The van der Waals surface area contributed by atoms with E-state index in [0.717, 1.165) is 10.9 Å². The molecule has 0 N–H and O–H groups in total. The molecule has 0 amide bonds. The van der Waals surface area contributed by atoms with Gasteiger partial charge in [0.1, 0.15) is 18.8 Å². The van der Waals surface area contributed by atoms with Crippen LogP contribution in [-0.2, 0) is 37.9 Å². The first kappa shape index (κ1) is 20.3. The fraction of sp³-hybridized carbons (Fsp3) is 0.733. The minimum atomic E-state index is -3.32. The summed E-state index contributed by atoms with van der Waals surface area (Å²) >= 11 is 0. The number of hydrogen-bond donors (Lipinski definition) is 0. The Balaban J connectivity index is 2.15. The molecule has 0 aliphatic carbocycles. The lowest BCUT2D eigenvalue weighted by Crippen LogP contribution is -2.39. The molecule has 2 rings (SSSR count). The SMILES string of the molecule is CCOC(=O)CC(=O)Cn1nc(C2CCCN(S(C)(=O)=O)C2)n(C)c1=O. The van der Waals surface area contributed by atoms with Crippen LogP contribution in [-0.4, -0.2) is 64.8 Å². The van der Waals surface area contributed by atoms with Gasteiger partial charge < -0.3 is 4.74 Å². The molecule has 0 spiro atoms. The van der Waals surface area contributed by atoms with Crippen molar-refractivity contribution in [2.75, 3.05) is 26.0 Å². The summed E-state index contributed by atoms with van der Waals surface area (Å²) < 4.78 is 32.0. The molecule has 2 heterocycles. The highest BCUT2D eigenvalue weighted by Crippen LogP contribution is 2.26. The first-order valence-electron chi connectivity index (χ1n) is 8.39. The molecule has 1 aromatic rings. The van der Waals surface area contributed by atoms with Crippen molar-refractivity contribution < 1.29 is 22.7 Å². The molecule has 11 heteroatoms. The molecule has 1 unspecified atom stereocenters. The summed E-state index contributed by atoms with van der Waals surface area (Å²) in [5.74, 6) is -0.903. The standard InChI is InChI=1S/C15H24N4O6S/c1-4-25-13(21)8-12(20)10-19-15(22)17(2)14(16-19)11-6-5-7-18(9-11)26(3,23)24/h11H,4-10H2,1-3H3. The summed E-state index contributed by atoms with van der Waals surface area (Å²) in [6.07, 6.45) is 2.10. The Labute approximate surface area is 151 Å². The van der Waals surface area contributed by atoms with E-state index in [2.05, 4.69) is 5.10 Å². The number of ketones is 1. The van der Waals surface area contributed by atoms with Crippen LogP contribution in [0.15, 0.2) is 4.79 Å². The molecular weight excluding hydrogens is 364 g/mol. The number of sulfonamides is 1. The number of Topliss-reactive ketones (excluding diaryl/α,β-unsaturated/α-hetero) is 1. The highest BCUT2D eigenvalue weighted by molar-refractivity contribution is 7.88. The summed E-state index contributed by atoms with van der Waals surface area (Å²) in [6, 6.07) is 0. The van der Waals surface area contributed by atoms with Gasteiger partial charge in [0, 0.05) is 26.1 Å². The second-order valence-corrected chi connectivity index (χ2v) is 8.32. The molecule has 0 aromatic carbocycles. The molecule has 10 nitrogen and oxygen atoms in total. The average Bonchev–Trinajstić information content (AvgIpc) is 2.82. The van der Waals surface area contributed by atoms with Crippen molar-refractivity contribution in [3.05, 3.63) is 16.3 Å². The third-order valence-electron chi connectivity index (χ3n) is 4.27. The first-order valence-corrected chi connectivity index (χ1v) is 10.2. The van der Waals surface area contributed by atoms with E-state index < -0.39 is 33.9 Å². The van der Waals surface area contributed by atoms with E-state index >= 15 is 0 Å². The molecule has 1 aliphatic heterocycles. The van der Waals surface area contributed by atoms with Gasteiger partial charge in [-0.3, -0.25) is 14.2 Å². The van der Waals surface area contributed by atoms with Crippen molar-refractivity contribution in [2.24, 2.45) is 7.05 Å². The highest BCUT2D eigenvalue weighted by atomic mass is 32.2. The van der Waals surface area contributed by atoms with Gasteiger partial charge in [-0.05, 0) is 19.8 Å². The van der Waals surface area contributed by atoms with Gasteiger partial charge in [0.05, 0.1) is 12.9 Å². The van der Waals surface area contributed by atoms with Gasteiger partial charge in [0.15, 0.2) is 5.78 Å². The molecule has 146 valence electrons. The molecule has 0 radical (unpaired) electrons. The zero-order valence-corrected chi connectivity index (χ0v) is 16.0. The van der Waals surface area contributed by atoms with Crippen molar-refractivity contribution in [1.29, 1.82) is 0 Å². The number of rotatable bonds is 7. The zero-order valence-electron chi connectivity index (χ0n) is 15.2. The smallest absolute Gasteiger partial charge is 0.346 e. The number of hydrogen-bond acceptors (Lipinski definition) is 7. The van der Waals surface area contributed by atoms with Crippen molar-refractivity contribution in [1.82, 2.24) is 18.7 Å². The van der Waals surface area contributed by atoms with E-state index in [1.165, 1.54) is 15.9 Å². The number of nitrogens with zero attached hydrogens (tertiary/aromatic N) is 4. The number of carbonyl (C=O) groups is 2. The van der Waals surface area contributed by atoms with Gasteiger partial charge in [-0.25, -0.2) is 22.2 Å². The third kappa shape index (κ3) is 4.79. The highest BCUT2D eigenvalue weighted by Gasteiger charge is 2.30. The number of piperidine rings is 1. The van der Waals surface area contributed by atoms with E-state index in [0.29, 0.717) is 25.2 Å². The number of ether oxygens (including phenoxy) is 1. The van der Waals surface area contributed by atoms with Crippen molar-refractivity contribution in [2.45, 2.75) is 38.6 Å². The summed E-state index contributed by atoms with van der Waals surface area (Å²) in [5, 5.41) is 4.22. The molecular formula is C15H24N4O6S. The van der Waals surface area contributed by atoms with Gasteiger partial charge in [0.25, 0.3) is 0 Å². The lowest BCUT2D eigenvalue weighted by atomic mass is 9.99. The van der Waals surface area contributed by atoms with Crippen LogP contribution in [0.2, 0.25) is 0 Å². The maximum atomic E-state index is 12.3. The molecule has 1 aliphatic rings. The molecule has 0 bridgehead atoms. The Hall–Kier alpha value is -2.01. The van der Waals surface area contributed by atoms with Crippen LogP contribution in [0.3, 0.4) is 0 Å². The fourth-order valence-corrected chi connectivity index (χ4v) is 3.92. The first-order chi connectivity index (χ1) is 12.1. The topological polar surface area (TPSA) is 121 Å². The predicted octanol–water partition coefficient (Wildman–Crippen LogP) is -0.757. The molecule has 1 saturated heterocycles. The van der Waals surface area contributed by atoms with Gasteiger partial charge in [0.2, 0.25) is 10.0 Å². The fourth-order valence-electron chi connectivity index (χ4n) is 3.01. The normalized spacial score (nSPS) is 18.7. The van der Waals surface area contributed by atoms with E-state index in [9.17, 15) is 22.8 Å². The Morgan fingerprint density at radius 3 is 2.65 bits per heavy atom. The predicted molar refractivity (Wildman–Crippen MR) is 92.1 cm³/mol. The van der Waals surface area contributed by atoms with Crippen LogP contribution in [0.1, 0.15) is 37.9 Å². The summed E-state index contributed by atoms with van der Waals surface area (Å²) in [5.41, 5.74) is -0.478. The Bertz CT molecular complexity index is 841. The maximum absolute atomic E-state index is 12.3. The van der Waals surface area contributed by atoms with Crippen LogP contribution in [0, 0.1) is 0 Å². The van der Waals surface area contributed by atoms with Crippen LogP contribution in [0.25, 0.3) is 0 Å². The lowest BCUT2D eigenvalue weighted by molar-refractivity contribution is -0.145. The molecule has 1 aromatic heterocycles. The van der Waals surface area contributed by atoms with E-state index in [1.54, 1.807) is 6.92 Å². The molecule has 1 atom stereocenters. The Morgan fingerprint density at radius 2 is 2.04 bits per heavy atom. The van der Waals surface area contributed by atoms with E-state index in [-0.39, 0.29) is 25.6 Å². The summed E-state index contributed by atoms with van der Waals surface area (Å²) in [7, 11) is -1.78. The van der Waals surface area contributed by atoms with E-state index in [4.69, 9.17) is 4.74 Å². The Morgan fingerprint density at radius 1 is 1.35 bits per heavy atom. The van der Waals surface area contributed by atoms with Crippen molar-refractivity contribution in [3.8, 4) is 0 Å². The van der Waals surface area contributed by atoms with Crippen molar-refractivity contribution in [3.63, 3.8) is 0 Å². The number of esters is 1. The van der Waals surface area contributed by atoms with Crippen LogP contribution in [0.4, 0.5) is 0 Å². The third-order valence-corrected chi connectivity index (χ3v) is 5.54. The van der Waals surface area contributed by atoms with Crippen LogP contribution < -0.4 is 5.69 Å². The molecule has 26 heavy (non-hydrogen) atoms. The quantitative estimate of drug-likeness (QED) is 0.445. The summed E-state index contributed by atoms with van der Waals surface area (Å²) in [6.45, 7) is 2.19. The van der Waals surface area contributed by atoms with Gasteiger partial charge >= 0.3 is 11.7 Å². The Kier molecular flexibility index (Phi) is 6.34. The van der Waals surface area contributed by atoms with Gasteiger partial charge in [-0.2, -0.15) is 5.10 Å². The number of aromatic nitrogens is 3. The minimum absolute atomic E-state index is 0.179. The van der Waals surface area contributed by atoms with Crippen molar-refractivity contribution >= 4 is 21.8 Å². The van der Waals surface area contributed by atoms with Crippen LogP contribution >= 0.6 is 0 Å². The minimum Gasteiger partial charge on any atom is -0.466 e. The van der Waals surface area contributed by atoms with E-state index in [1.807, 2.05) is 0 Å². The van der Waals surface area contributed by atoms with Gasteiger partial charge in [-0.1, -0.05) is 0 Å². The van der Waals surface area contributed by atoms with Crippen LogP contribution in [0.5, 0.6) is 0 Å². The second-order valence-electron chi connectivity index (χ2n) is 6.34.